The third kappa shape index (κ3) is 6.10. The number of H-pyrrole nitrogens is 1. The Morgan fingerprint density at radius 2 is 1.89 bits per heavy atom. The molecule has 0 atom stereocenters. The van der Waals surface area contributed by atoms with Crippen molar-refractivity contribution in [3.63, 3.8) is 0 Å². The average molecular weight is 477 g/mol. The molecule has 0 saturated heterocycles. The molecule has 2 heterocycles. The van der Waals surface area contributed by atoms with Crippen LogP contribution < -0.4 is 10.3 Å². The van der Waals surface area contributed by atoms with Gasteiger partial charge in [-0.3, -0.25) is 14.5 Å². The molecule has 0 bridgehead atoms. The van der Waals surface area contributed by atoms with Gasteiger partial charge in [0, 0.05) is 29.6 Å². The molecule has 0 unspecified atom stereocenters. The van der Waals surface area contributed by atoms with Gasteiger partial charge in [-0.2, -0.15) is 0 Å². The summed E-state index contributed by atoms with van der Waals surface area (Å²) in [5, 5.41) is 12.7. The Bertz CT molecular complexity index is 1360. The van der Waals surface area contributed by atoms with Gasteiger partial charge < -0.3 is 14.5 Å². The molecule has 35 heavy (non-hydrogen) atoms. The Morgan fingerprint density at radius 3 is 2.63 bits per heavy atom. The van der Waals surface area contributed by atoms with Crippen molar-refractivity contribution in [3.8, 4) is 5.75 Å². The van der Waals surface area contributed by atoms with Crippen molar-refractivity contribution in [2.45, 2.75) is 40.0 Å². The Kier molecular flexibility index (Phi) is 7.51. The van der Waals surface area contributed by atoms with Crippen molar-refractivity contribution in [2.24, 2.45) is 0 Å². The van der Waals surface area contributed by atoms with Crippen molar-refractivity contribution in [3.05, 3.63) is 81.4 Å². The van der Waals surface area contributed by atoms with Crippen molar-refractivity contribution < 1.29 is 14.3 Å². The standard InChI is InChI=1S/C25H28N6O4/c1-4-35-24(32)16-31-23(27-28-29-31)15-30(13-18-7-5-17(2)6-8-18)14-20-11-19-12-21(34-3)9-10-22(19)26-25(20)33/h5-12H,4,13-16H2,1-3H3,(H,26,33). The summed E-state index contributed by atoms with van der Waals surface area (Å²) in [6, 6.07) is 15.6. The van der Waals surface area contributed by atoms with Crippen LogP contribution in [0.2, 0.25) is 0 Å². The average Bonchev–Trinajstić information content (AvgIpc) is 3.27. The van der Waals surface area contributed by atoms with Crippen molar-refractivity contribution >= 4 is 16.9 Å². The number of fused-ring (bicyclic) bond motifs is 1. The van der Waals surface area contributed by atoms with Gasteiger partial charge in [-0.15, -0.1) is 5.10 Å². The van der Waals surface area contributed by atoms with Gasteiger partial charge in [0.05, 0.1) is 20.3 Å². The van der Waals surface area contributed by atoms with E-state index >= 15 is 0 Å². The van der Waals surface area contributed by atoms with Crippen LogP contribution in [0.25, 0.3) is 10.9 Å². The van der Waals surface area contributed by atoms with Gasteiger partial charge in [0.25, 0.3) is 5.56 Å². The molecule has 0 aliphatic carbocycles. The van der Waals surface area contributed by atoms with E-state index in [1.54, 1.807) is 14.0 Å². The maximum atomic E-state index is 12.9. The summed E-state index contributed by atoms with van der Waals surface area (Å²) in [5.74, 6) is 0.806. The number of rotatable bonds is 10. The molecule has 0 radical (unpaired) electrons. The van der Waals surface area contributed by atoms with Crippen molar-refractivity contribution in [2.75, 3.05) is 13.7 Å². The number of hydrogen-bond donors (Lipinski definition) is 1. The molecule has 182 valence electrons. The first kappa shape index (κ1) is 24.1. The zero-order chi connectivity index (χ0) is 24.8. The van der Waals surface area contributed by atoms with E-state index in [1.165, 1.54) is 10.2 Å². The van der Waals surface area contributed by atoms with Gasteiger partial charge in [-0.1, -0.05) is 29.8 Å². The number of methoxy groups -OCH3 is 1. The van der Waals surface area contributed by atoms with E-state index in [2.05, 4.69) is 37.5 Å². The smallest absolute Gasteiger partial charge is 0.327 e. The third-order valence-electron chi connectivity index (χ3n) is 5.60. The van der Waals surface area contributed by atoms with E-state index in [4.69, 9.17) is 9.47 Å². The van der Waals surface area contributed by atoms with Crippen LogP contribution in [0.5, 0.6) is 5.75 Å². The summed E-state index contributed by atoms with van der Waals surface area (Å²) >= 11 is 0. The van der Waals surface area contributed by atoms with Crippen LogP contribution in [0.15, 0.2) is 53.3 Å². The number of aromatic amines is 1. The molecule has 4 aromatic rings. The van der Waals surface area contributed by atoms with Gasteiger partial charge >= 0.3 is 5.97 Å². The summed E-state index contributed by atoms with van der Waals surface area (Å²) in [6.07, 6.45) is 0. The molecule has 10 nitrogen and oxygen atoms in total. The lowest BCUT2D eigenvalue weighted by atomic mass is 10.1. The van der Waals surface area contributed by atoms with E-state index in [9.17, 15) is 9.59 Å². The number of carbonyl (C=O) groups excluding carboxylic acids is 1. The number of hydrogen-bond acceptors (Lipinski definition) is 8. The van der Waals surface area contributed by atoms with Crippen LogP contribution in [0.1, 0.15) is 29.4 Å². The number of nitrogens with zero attached hydrogens (tertiary/aromatic N) is 5. The van der Waals surface area contributed by atoms with Crippen LogP contribution >= 0.6 is 0 Å². The first-order valence-electron chi connectivity index (χ1n) is 11.3. The predicted molar refractivity (Wildman–Crippen MR) is 130 cm³/mol. The Hall–Kier alpha value is -4.05. The number of benzene rings is 2. The molecular weight excluding hydrogens is 448 g/mol. The fourth-order valence-electron chi connectivity index (χ4n) is 3.82. The molecule has 0 amide bonds. The van der Waals surface area contributed by atoms with E-state index < -0.39 is 5.97 Å². The maximum Gasteiger partial charge on any atom is 0.327 e. The number of tetrazole rings is 1. The van der Waals surface area contributed by atoms with Gasteiger partial charge in [-0.25, -0.2) is 4.68 Å². The number of aryl methyl sites for hydroxylation is 1. The lowest BCUT2D eigenvalue weighted by molar-refractivity contribution is -0.144. The highest BCUT2D eigenvalue weighted by atomic mass is 16.5. The second-order valence-corrected chi connectivity index (χ2v) is 8.27. The molecule has 2 aromatic heterocycles. The van der Waals surface area contributed by atoms with Gasteiger partial charge in [0.15, 0.2) is 5.82 Å². The molecule has 1 N–H and O–H groups in total. The number of nitrogens with one attached hydrogen (secondary N) is 1. The van der Waals surface area contributed by atoms with Crippen LogP contribution in [0.4, 0.5) is 0 Å². The summed E-state index contributed by atoms with van der Waals surface area (Å²) in [4.78, 5) is 29.9. The highest BCUT2D eigenvalue weighted by Gasteiger charge is 2.17. The molecule has 0 aliphatic rings. The van der Waals surface area contributed by atoms with Gasteiger partial charge in [0.2, 0.25) is 0 Å². The number of pyridine rings is 1. The second-order valence-electron chi connectivity index (χ2n) is 8.27. The normalized spacial score (nSPS) is 11.2. The summed E-state index contributed by atoms with van der Waals surface area (Å²) in [6.45, 7) is 5.23. The minimum Gasteiger partial charge on any atom is -0.497 e. The monoisotopic (exact) mass is 476 g/mol. The van der Waals surface area contributed by atoms with E-state index in [1.807, 2.05) is 43.3 Å². The minimum absolute atomic E-state index is 0.0785. The molecular formula is C25H28N6O4. The van der Waals surface area contributed by atoms with Crippen LogP contribution in [0.3, 0.4) is 0 Å². The lowest BCUT2D eigenvalue weighted by Gasteiger charge is -2.22. The molecule has 2 aromatic carbocycles. The predicted octanol–water partition coefficient (Wildman–Crippen LogP) is 2.60. The fraction of sp³-hybridized carbons (Fsp3) is 0.320. The fourth-order valence-corrected chi connectivity index (χ4v) is 3.82. The zero-order valence-electron chi connectivity index (χ0n) is 20.0. The molecule has 0 aliphatic heterocycles. The highest BCUT2D eigenvalue weighted by molar-refractivity contribution is 5.80. The quantitative estimate of drug-likeness (QED) is 0.347. The third-order valence-corrected chi connectivity index (χ3v) is 5.60. The Balaban J connectivity index is 1.63. The highest BCUT2D eigenvalue weighted by Crippen LogP contribution is 2.20. The molecule has 10 heteroatoms. The lowest BCUT2D eigenvalue weighted by Crippen LogP contribution is -2.28. The number of ether oxygens (including phenoxy) is 2. The topological polar surface area (TPSA) is 115 Å². The summed E-state index contributed by atoms with van der Waals surface area (Å²) < 4.78 is 11.8. The van der Waals surface area contributed by atoms with Crippen LogP contribution in [-0.2, 0) is 35.7 Å². The van der Waals surface area contributed by atoms with E-state index in [0.29, 0.717) is 36.8 Å². The zero-order valence-corrected chi connectivity index (χ0v) is 20.0. The SMILES string of the molecule is CCOC(=O)Cn1nnnc1CN(Cc1ccc(C)cc1)Cc1cc2cc(OC)ccc2[nH]c1=O. The van der Waals surface area contributed by atoms with Crippen molar-refractivity contribution in [1.82, 2.24) is 30.1 Å². The van der Waals surface area contributed by atoms with Gasteiger partial charge in [-0.05, 0) is 54.1 Å². The molecule has 4 rings (SSSR count). The van der Waals surface area contributed by atoms with Crippen LogP contribution in [-0.4, -0.2) is 49.8 Å². The summed E-state index contributed by atoms with van der Waals surface area (Å²) in [7, 11) is 1.61. The first-order valence-corrected chi connectivity index (χ1v) is 11.3. The Morgan fingerprint density at radius 1 is 1.09 bits per heavy atom. The number of carbonyl (C=O) groups is 1. The minimum atomic E-state index is -0.411. The van der Waals surface area contributed by atoms with Gasteiger partial charge in [0.1, 0.15) is 12.3 Å². The maximum absolute atomic E-state index is 12.9. The van der Waals surface area contributed by atoms with Crippen LogP contribution in [0, 0.1) is 6.92 Å². The molecule has 0 saturated carbocycles. The van der Waals surface area contributed by atoms with E-state index in [-0.39, 0.29) is 18.7 Å². The molecule has 0 spiro atoms. The largest absolute Gasteiger partial charge is 0.497 e. The van der Waals surface area contributed by atoms with E-state index in [0.717, 1.165) is 16.5 Å². The number of esters is 1. The first-order chi connectivity index (χ1) is 16.9. The number of aromatic nitrogens is 5. The van der Waals surface area contributed by atoms with Crippen molar-refractivity contribution in [1.29, 1.82) is 0 Å². The second kappa shape index (κ2) is 10.9. The molecule has 0 fully saturated rings. The Labute approximate surface area is 202 Å². The summed E-state index contributed by atoms with van der Waals surface area (Å²) in [5.41, 5.74) is 3.42.